The highest BCUT2D eigenvalue weighted by atomic mass is 16.5. The van der Waals surface area contributed by atoms with E-state index in [1.807, 2.05) is 0 Å². The topological polar surface area (TPSA) is 99.3 Å². The summed E-state index contributed by atoms with van der Waals surface area (Å²) in [6.45, 7) is 3.10. The van der Waals surface area contributed by atoms with Gasteiger partial charge in [-0.2, -0.15) is 0 Å². The Bertz CT molecular complexity index is 842. The molecule has 0 radical (unpaired) electrons. The standard InChI is InChI=1S/C22H28N4O5/c27-19-4-1-9-26(19)17-7-5-16(6-8-17)21(29)23-15-20(28)24-10-12-25(13-11-24)22(30)18-3-2-14-31-18/h5-8,18H,1-4,9-15H2,(H,23,29). The van der Waals surface area contributed by atoms with E-state index in [0.29, 0.717) is 51.3 Å². The van der Waals surface area contributed by atoms with Crippen LogP contribution in [0.25, 0.3) is 0 Å². The van der Waals surface area contributed by atoms with Crippen LogP contribution in [-0.2, 0) is 19.1 Å². The molecule has 9 heteroatoms. The Morgan fingerprint density at radius 2 is 1.68 bits per heavy atom. The SMILES string of the molecule is O=C(NCC(=O)N1CCN(C(=O)C2CCCO2)CC1)c1ccc(N2CCCC2=O)cc1. The Labute approximate surface area is 181 Å². The molecule has 1 N–H and O–H groups in total. The number of hydrogen-bond donors (Lipinski definition) is 1. The fourth-order valence-corrected chi connectivity index (χ4v) is 4.24. The first-order chi connectivity index (χ1) is 15.0. The third-order valence-corrected chi connectivity index (χ3v) is 6.06. The first-order valence-electron chi connectivity index (χ1n) is 10.9. The maximum absolute atomic E-state index is 12.5. The lowest BCUT2D eigenvalue weighted by molar-refractivity contribution is -0.145. The zero-order valence-electron chi connectivity index (χ0n) is 17.5. The lowest BCUT2D eigenvalue weighted by atomic mass is 10.2. The molecule has 3 heterocycles. The van der Waals surface area contributed by atoms with E-state index >= 15 is 0 Å². The first-order valence-corrected chi connectivity index (χ1v) is 10.9. The van der Waals surface area contributed by atoms with Gasteiger partial charge in [-0.05, 0) is 43.5 Å². The summed E-state index contributed by atoms with van der Waals surface area (Å²) in [6, 6.07) is 6.83. The number of benzene rings is 1. The highest BCUT2D eigenvalue weighted by Gasteiger charge is 2.31. The normalized spacial score (nSPS) is 21.5. The predicted molar refractivity (Wildman–Crippen MR) is 112 cm³/mol. The molecule has 1 unspecified atom stereocenters. The third-order valence-electron chi connectivity index (χ3n) is 6.06. The summed E-state index contributed by atoms with van der Waals surface area (Å²) in [4.78, 5) is 54.2. The molecular formula is C22H28N4O5. The molecule has 4 rings (SSSR count). The third kappa shape index (κ3) is 4.87. The second-order valence-corrected chi connectivity index (χ2v) is 8.09. The van der Waals surface area contributed by atoms with Gasteiger partial charge in [0.2, 0.25) is 11.8 Å². The summed E-state index contributed by atoms with van der Waals surface area (Å²) in [5, 5.41) is 2.66. The van der Waals surface area contributed by atoms with Crippen LogP contribution in [0, 0.1) is 0 Å². The van der Waals surface area contributed by atoms with E-state index in [-0.39, 0.29) is 36.3 Å². The minimum absolute atomic E-state index is 0.0111. The number of anilines is 1. The molecule has 0 spiro atoms. The van der Waals surface area contributed by atoms with Crippen LogP contribution in [0.4, 0.5) is 5.69 Å². The monoisotopic (exact) mass is 428 g/mol. The van der Waals surface area contributed by atoms with Crippen LogP contribution >= 0.6 is 0 Å². The first kappa shape index (κ1) is 21.3. The average Bonchev–Trinajstić information content (AvgIpc) is 3.49. The number of amides is 4. The quantitative estimate of drug-likeness (QED) is 0.732. The van der Waals surface area contributed by atoms with Crippen molar-refractivity contribution in [3.63, 3.8) is 0 Å². The van der Waals surface area contributed by atoms with Gasteiger partial charge in [0.25, 0.3) is 11.8 Å². The van der Waals surface area contributed by atoms with Crippen LogP contribution in [0.15, 0.2) is 24.3 Å². The molecule has 0 saturated carbocycles. The van der Waals surface area contributed by atoms with Crippen molar-refractivity contribution in [2.45, 2.75) is 31.8 Å². The molecule has 1 atom stereocenters. The van der Waals surface area contributed by atoms with Crippen molar-refractivity contribution in [3.05, 3.63) is 29.8 Å². The van der Waals surface area contributed by atoms with Gasteiger partial charge < -0.3 is 24.8 Å². The fourth-order valence-electron chi connectivity index (χ4n) is 4.24. The fraction of sp³-hybridized carbons (Fsp3) is 0.545. The van der Waals surface area contributed by atoms with E-state index in [1.54, 1.807) is 39.0 Å². The summed E-state index contributed by atoms with van der Waals surface area (Å²) < 4.78 is 5.45. The zero-order valence-corrected chi connectivity index (χ0v) is 17.5. The maximum Gasteiger partial charge on any atom is 0.251 e. The highest BCUT2D eigenvalue weighted by molar-refractivity contribution is 5.98. The van der Waals surface area contributed by atoms with E-state index < -0.39 is 0 Å². The number of hydrogen-bond acceptors (Lipinski definition) is 5. The van der Waals surface area contributed by atoms with Gasteiger partial charge >= 0.3 is 0 Å². The minimum atomic E-state index is -0.337. The highest BCUT2D eigenvalue weighted by Crippen LogP contribution is 2.21. The van der Waals surface area contributed by atoms with Crippen LogP contribution in [0.2, 0.25) is 0 Å². The van der Waals surface area contributed by atoms with E-state index in [1.165, 1.54) is 0 Å². The summed E-state index contributed by atoms with van der Waals surface area (Å²) >= 11 is 0. The van der Waals surface area contributed by atoms with Crippen LogP contribution < -0.4 is 10.2 Å². The number of nitrogens with one attached hydrogen (secondary N) is 1. The van der Waals surface area contributed by atoms with Crippen LogP contribution in [-0.4, -0.2) is 85.4 Å². The Balaban J connectivity index is 1.22. The summed E-state index contributed by atoms with van der Waals surface area (Å²) in [5.41, 5.74) is 1.22. The Kier molecular flexibility index (Phi) is 6.50. The summed E-state index contributed by atoms with van der Waals surface area (Å²) in [6.07, 6.45) is 2.74. The van der Waals surface area contributed by atoms with Gasteiger partial charge in [0.05, 0.1) is 6.54 Å². The molecule has 166 valence electrons. The lowest BCUT2D eigenvalue weighted by Gasteiger charge is -2.35. The summed E-state index contributed by atoms with van der Waals surface area (Å²) in [5.74, 6) is -0.394. The van der Waals surface area contributed by atoms with E-state index in [2.05, 4.69) is 5.32 Å². The molecular weight excluding hydrogens is 400 g/mol. The maximum atomic E-state index is 12.5. The molecule has 0 aromatic heterocycles. The lowest BCUT2D eigenvalue weighted by Crippen LogP contribution is -2.54. The molecule has 0 bridgehead atoms. The van der Waals surface area contributed by atoms with Crippen LogP contribution in [0.1, 0.15) is 36.0 Å². The molecule has 1 aromatic rings. The van der Waals surface area contributed by atoms with Gasteiger partial charge in [0.1, 0.15) is 6.10 Å². The van der Waals surface area contributed by atoms with Gasteiger partial charge in [-0.15, -0.1) is 0 Å². The number of ether oxygens (including phenoxy) is 1. The minimum Gasteiger partial charge on any atom is -0.368 e. The average molecular weight is 428 g/mol. The molecule has 3 aliphatic rings. The number of nitrogens with zero attached hydrogens (tertiary/aromatic N) is 3. The van der Waals surface area contributed by atoms with Crippen molar-refractivity contribution >= 4 is 29.3 Å². The largest absolute Gasteiger partial charge is 0.368 e. The van der Waals surface area contributed by atoms with E-state index in [4.69, 9.17) is 4.74 Å². The second kappa shape index (κ2) is 9.47. The van der Waals surface area contributed by atoms with Gasteiger partial charge in [-0.25, -0.2) is 0 Å². The van der Waals surface area contributed by atoms with Crippen molar-refractivity contribution in [1.29, 1.82) is 0 Å². The number of carbonyl (C=O) groups excluding carboxylic acids is 4. The van der Waals surface area contributed by atoms with Crippen molar-refractivity contribution in [2.24, 2.45) is 0 Å². The molecule has 9 nitrogen and oxygen atoms in total. The van der Waals surface area contributed by atoms with Crippen molar-refractivity contribution in [1.82, 2.24) is 15.1 Å². The van der Waals surface area contributed by atoms with Crippen molar-refractivity contribution in [2.75, 3.05) is 50.8 Å². The Hall–Kier alpha value is -2.94. The van der Waals surface area contributed by atoms with Crippen LogP contribution in [0.3, 0.4) is 0 Å². The van der Waals surface area contributed by atoms with E-state index in [9.17, 15) is 19.2 Å². The van der Waals surface area contributed by atoms with Crippen molar-refractivity contribution < 1.29 is 23.9 Å². The number of carbonyl (C=O) groups is 4. The molecule has 3 saturated heterocycles. The van der Waals surface area contributed by atoms with Gasteiger partial charge in [0.15, 0.2) is 0 Å². The predicted octanol–water partition coefficient (Wildman–Crippen LogP) is 0.393. The van der Waals surface area contributed by atoms with E-state index in [0.717, 1.165) is 24.9 Å². The van der Waals surface area contributed by atoms with Crippen molar-refractivity contribution in [3.8, 4) is 0 Å². The van der Waals surface area contributed by atoms with Gasteiger partial charge in [0, 0.05) is 57.0 Å². The number of rotatable bonds is 5. The van der Waals surface area contributed by atoms with Crippen LogP contribution in [0.5, 0.6) is 0 Å². The van der Waals surface area contributed by atoms with Gasteiger partial charge in [-0.1, -0.05) is 0 Å². The number of piperazine rings is 1. The zero-order chi connectivity index (χ0) is 21.8. The molecule has 1 aromatic carbocycles. The van der Waals surface area contributed by atoms with Gasteiger partial charge in [-0.3, -0.25) is 19.2 Å². The molecule has 3 fully saturated rings. The summed E-state index contributed by atoms with van der Waals surface area (Å²) in [7, 11) is 0. The second-order valence-electron chi connectivity index (χ2n) is 8.09. The smallest absolute Gasteiger partial charge is 0.251 e. The molecule has 4 amide bonds. The molecule has 31 heavy (non-hydrogen) atoms. The Morgan fingerprint density at radius 1 is 0.968 bits per heavy atom. The molecule has 3 aliphatic heterocycles. The Morgan fingerprint density at radius 3 is 2.29 bits per heavy atom. The molecule has 0 aliphatic carbocycles.